The molecule has 3 heteroatoms. The molecule has 1 N–H and O–H groups in total. The van der Waals surface area contributed by atoms with Crippen LogP contribution in [0.4, 0.5) is 0 Å². The van der Waals surface area contributed by atoms with Crippen LogP contribution in [0.15, 0.2) is 0 Å². The van der Waals surface area contributed by atoms with Crippen molar-refractivity contribution in [1.29, 1.82) is 0 Å². The maximum atomic E-state index is 9.42. The first kappa shape index (κ1) is 8.48. The molecule has 12 heavy (non-hydrogen) atoms. The minimum Gasteiger partial charge on any atom is -0.393 e. The first-order valence-corrected chi connectivity index (χ1v) is 4.73. The van der Waals surface area contributed by atoms with Gasteiger partial charge in [-0.1, -0.05) is 0 Å². The Morgan fingerprint density at radius 3 is 2.75 bits per heavy atom. The van der Waals surface area contributed by atoms with E-state index in [1.165, 1.54) is 0 Å². The van der Waals surface area contributed by atoms with Crippen LogP contribution in [0.5, 0.6) is 0 Å². The van der Waals surface area contributed by atoms with Gasteiger partial charge in [-0.25, -0.2) is 0 Å². The molecule has 3 atom stereocenters. The molecular weight excluding hydrogens is 156 g/mol. The third-order valence-electron chi connectivity index (χ3n) is 2.78. The predicted molar refractivity (Wildman–Crippen MR) is 43.9 cm³/mol. The highest BCUT2D eigenvalue weighted by Gasteiger charge is 2.30. The van der Waals surface area contributed by atoms with Crippen LogP contribution in [0.3, 0.4) is 0 Å². The molecular formula is C9H16O3. The molecule has 0 bridgehead atoms. The summed E-state index contributed by atoms with van der Waals surface area (Å²) < 4.78 is 10.9. The van der Waals surface area contributed by atoms with Gasteiger partial charge in [0.1, 0.15) is 0 Å². The Labute approximate surface area is 72.7 Å². The monoisotopic (exact) mass is 172 g/mol. The van der Waals surface area contributed by atoms with E-state index in [0.717, 1.165) is 32.5 Å². The van der Waals surface area contributed by atoms with Crippen molar-refractivity contribution in [2.24, 2.45) is 5.92 Å². The van der Waals surface area contributed by atoms with Crippen LogP contribution in [-0.4, -0.2) is 37.1 Å². The lowest BCUT2D eigenvalue weighted by atomic mass is 9.94. The van der Waals surface area contributed by atoms with Crippen molar-refractivity contribution >= 4 is 0 Å². The van der Waals surface area contributed by atoms with Gasteiger partial charge in [-0.15, -0.1) is 0 Å². The summed E-state index contributed by atoms with van der Waals surface area (Å²) in [7, 11) is 0. The Hall–Kier alpha value is -0.120. The Balaban J connectivity index is 1.85. The highest BCUT2D eigenvalue weighted by atomic mass is 16.5. The Morgan fingerprint density at radius 1 is 1.17 bits per heavy atom. The molecule has 70 valence electrons. The molecule has 2 heterocycles. The fourth-order valence-corrected chi connectivity index (χ4v) is 1.98. The molecule has 2 saturated heterocycles. The van der Waals surface area contributed by atoms with Crippen LogP contribution in [0.25, 0.3) is 0 Å². The topological polar surface area (TPSA) is 38.7 Å². The van der Waals surface area contributed by atoms with Gasteiger partial charge in [-0.05, 0) is 19.3 Å². The van der Waals surface area contributed by atoms with Crippen LogP contribution in [0.1, 0.15) is 19.3 Å². The second kappa shape index (κ2) is 3.73. The van der Waals surface area contributed by atoms with Gasteiger partial charge < -0.3 is 14.6 Å². The van der Waals surface area contributed by atoms with Crippen LogP contribution in [0.2, 0.25) is 0 Å². The molecule has 0 aromatic carbocycles. The van der Waals surface area contributed by atoms with Crippen molar-refractivity contribution in [3.8, 4) is 0 Å². The molecule has 3 nitrogen and oxygen atoms in total. The highest BCUT2D eigenvalue weighted by Crippen LogP contribution is 2.26. The molecule has 2 rings (SSSR count). The minimum atomic E-state index is -0.149. The Kier molecular flexibility index (Phi) is 2.63. The van der Waals surface area contributed by atoms with Crippen molar-refractivity contribution < 1.29 is 14.6 Å². The van der Waals surface area contributed by atoms with E-state index in [0.29, 0.717) is 12.5 Å². The molecule has 2 fully saturated rings. The summed E-state index contributed by atoms with van der Waals surface area (Å²) in [5.41, 5.74) is 0. The highest BCUT2D eigenvalue weighted by molar-refractivity contribution is 4.79. The number of rotatable bonds is 1. The summed E-state index contributed by atoms with van der Waals surface area (Å²) in [6.45, 7) is 2.39. The smallest absolute Gasteiger partial charge is 0.0650 e. The Morgan fingerprint density at radius 2 is 2.08 bits per heavy atom. The zero-order valence-corrected chi connectivity index (χ0v) is 7.24. The van der Waals surface area contributed by atoms with Crippen LogP contribution >= 0.6 is 0 Å². The molecule has 0 spiro atoms. The molecule has 0 unspecified atom stereocenters. The summed E-state index contributed by atoms with van der Waals surface area (Å²) >= 11 is 0. The largest absolute Gasteiger partial charge is 0.393 e. The van der Waals surface area contributed by atoms with Crippen LogP contribution in [0, 0.1) is 5.92 Å². The SMILES string of the molecule is O[C@@H]1CCO[C@H]([C@@H]2CCOC2)C1. The lowest BCUT2D eigenvalue weighted by Gasteiger charge is -2.29. The maximum absolute atomic E-state index is 9.42. The predicted octanol–water partition coefficient (Wildman–Crippen LogP) is 0.563. The third-order valence-corrected chi connectivity index (χ3v) is 2.78. The van der Waals surface area contributed by atoms with Gasteiger partial charge in [0.25, 0.3) is 0 Å². The van der Waals surface area contributed by atoms with Crippen molar-refractivity contribution in [3.63, 3.8) is 0 Å². The van der Waals surface area contributed by atoms with E-state index in [1.807, 2.05) is 0 Å². The first-order chi connectivity index (χ1) is 5.86. The molecule has 0 saturated carbocycles. The summed E-state index contributed by atoms with van der Waals surface area (Å²) in [6.07, 6.45) is 2.79. The lowest BCUT2D eigenvalue weighted by Crippen LogP contribution is -2.34. The molecule has 0 aromatic rings. The van der Waals surface area contributed by atoms with E-state index in [-0.39, 0.29) is 12.2 Å². The molecule has 2 aliphatic heterocycles. The summed E-state index contributed by atoms with van der Waals surface area (Å²) in [5.74, 6) is 0.528. The van der Waals surface area contributed by atoms with E-state index in [4.69, 9.17) is 9.47 Å². The van der Waals surface area contributed by atoms with Crippen molar-refractivity contribution in [2.75, 3.05) is 19.8 Å². The van der Waals surface area contributed by atoms with Crippen molar-refractivity contribution in [3.05, 3.63) is 0 Å². The van der Waals surface area contributed by atoms with E-state index in [2.05, 4.69) is 0 Å². The zero-order chi connectivity index (χ0) is 8.39. The lowest BCUT2D eigenvalue weighted by molar-refractivity contribution is -0.0696. The first-order valence-electron chi connectivity index (χ1n) is 4.73. The minimum absolute atomic E-state index is 0.149. The van der Waals surface area contributed by atoms with Gasteiger partial charge in [0.15, 0.2) is 0 Å². The average Bonchev–Trinajstić information content (AvgIpc) is 2.56. The standard InChI is InChI=1S/C9H16O3/c10-8-2-4-12-9(5-8)7-1-3-11-6-7/h7-10H,1-6H2/t7-,8-,9+/m1/s1. The van der Waals surface area contributed by atoms with E-state index in [9.17, 15) is 5.11 Å². The molecule has 2 aliphatic rings. The van der Waals surface area contributed by atoms with Gasteiger partial charge in [0, 0.05) is 19.1 Å². The second-order valence-corrected chi connectivity index (χ2v) is 3.71. The van der Waals surface area contributed by atoms with Gasteiger partial charge in [0.2, 0.25) is 0 Å². The van der Waals surface area contributed by atoms with Crippen LogP contribution < -0.4 is 0 Å². The third kappa shape index (κ3) is 1.79. The summed E-state index contributed by atoms with van der Waals surface area (Å²) in [6, 6.07) is 0. The number of ether oxygens (including phenoxy) is 2. The molecule has 0 amide bonds. The summed E-state index contributed by atoms with van der Waals surface area (Å²) in [4.78, 5) is 0. The van der Waals surface area contributed by atoms with E-state index >= 15 is 0 Å². The zero-order valence-electron chi connectivity index (χ0n) is 7.24. The summed E-state index contributed by atoms with van der Waals surface area (Å²) in [5, 5.41) is 9.42. The Bertz CT molecular complexity index is 143. The molecule has 0 aliphatic carbocycles. The molecule has 0 aromatic heterocycles. The van der Waals surface area contributed by atoms with Crippen molar-refractivity contribution in [2.45, 2.75) is 31.5 Å². The normalized spacial score (nSPS) is 43.2. The average molecular weight is 172 g/mol. The fraction of sp³-hybridized carbons (Fsp3) is 1.00. The number of hydrogen-bond donors (Lipinski definition) is 1. The number of aliphatic hydroxyl groups is 1. The molecule has 0 radical (unpaired) electrons. The number of hydrogen-bond acceptors (Lipinski definition) is 3. The maximum Gasteiger partial charge on any atom is 0.0650 e. The van der Waals surface area contributed by atoms with Gasteiger partial charge in [0.05, 0.1) is 18.8 Å². The van der Waals surface area contributed by atoms with Crippen molar-refractivity contribution in [1.82, 2.24) is 0 Å². The van der Waals surface area contributed by atoms with Crippen LogP contribution in [-0.2, 0) is 9.47 Å². The fourth-order valence-electron chi connectivity index (χ4n) is 1.98. The van der Waals surface area contributed by atoms with Gasteiger partial charge >= 0.3 is 0 Å². The van der Waals surface area contributed by atoms with E-state index < -0.39 is 0 Å². The second-order valence-electron chi connectivity index (χ2n) is 3.71. The quantitative estimate of drug-likeness (QED) is 0.628. The number of aliphatic hydroxyl groups excluding tert-OH is 1. The van der Waals surface area contributed by atoms with E-state index in [1.54, 1.807) is 0 Å². The van der Waals surface area contributed by atoms with Gasteiger partial charge in [-0.2, -0.15) is 0 Å². The van der Waals surface area contributed by atoms with Gasteiger partial charge in [-0.3, -0.25) is 0 Å².